The molecule has 1 N–H and O–H groups in total. The van der Waals surface area contributed by atoms with Gasteiger partial charge in [-0.05, 0) is 32.6 Å². The smallest absolute Gasteiger partial charge is 0.412 e. The molecule has 80 valence electrons. The molecular weight excluding hydrogens is 182 g/mol. The second kappa shape index (κ2) is 2.86. The van der Waals surface area contributed by atoms with E-state index in [-0.39, 0.29) is 0 Å². The average Bonchev–Trinajstić information content (AvgIpc) is 2.30. The molecule has 0 aromatic carbocycles. The van der Waals surface area contributed by atoms with Crippen LogP contribution >= 0.6 is 0 Å². The highest BCUT2D eigenvalue weighted by molar-refractivity contribution is 5.71. The van der Waals surface area contributed by atoms with Crippen LogP contribution in [0.15, 0.2) is 0 Å². The molecule has 1 amide bonds. The predicted octanol–water partition coefficient (Wildman–Crippen LogP) is 1.48. The van der Waals surface area contributed by atoms with Gasteiger partial charge < -0.3 is 9.84 Å². The van der Waals surface area contributed by atoms with Crippen molar-refractivity contribution in [3.8, 4) is 0 Å². The van der Waals surface area contributed by atoms with Crippen LogP contribution in [0.3, 0.4) is 0 Å². The molecule has 1 aliphatic carbocycles. The third-order valence-corrected chi connectivity index (χ3v) is 3.73. The van der Waals surface area contributed by atoms with Crippen molar-refractivity contribution in [1.82, 2.24) is 4.90 Å². The first-order chi connectivity index (χ1) is 6.50. The first-order valence-corrected chi connectivity index (χ1v) is 5.19. The maximum absolute atomic E-state index is 11.4. The molecule has 0 bridgehead atoms. The molecule has 14 heavy (non-hydrogen) atoms. The van der Waals surface area contributed by atoms with Gasteiger partial charge >= 0.3 is 6.09 Å². The second-order valence-corrected chi connectivity index (χ2v) is 4.50. The van der Waals surface area contributed by atoms with E-state index in [4.69, 9.17) is 4.74 Å². The number of rotatable bonds is 0. The first kappa shape index (κ1) is 9.77. The van der Waals surface area contributed by atoms with Gasteiger partial charge in [-0.25, -0.2) is 4.79 Å². The minimum absolute atomic E-state index is 0.406. The monoisotopic (exact) mass is 199 g/mol. The Morgan fingerprint density at radius 1 is 1.36 bits per heavy atom. The summed E-state index contributed by atoms with van der Waals surface area (Å²) in [6, 6.07) is 0. The number of ether oxygens (including phenoxy) is 1. The number of amides is 1. The van der Waals surface area contributed by atoms with Crippen molar-refractivity contribution < 1.29 is 14.6 Å². The standard InChI is InChI=1S/C10H17NO3/c1-9(13)10(6-4-3-5-7-10)14-8(12)11(9)2/h13H,3-7H2,1-2H3. The molecule has 2 rings (SSSR count). The van der Waals surface area contributed by atoms with Gasteiger partial charge in [0, 0.05) is 7.05 Å². The zero-order valence-corrected chi connectivity index (χ0v) is 8.75. The summed E-state index contributed by atoms with van der Waals surface area (Å²) in [6.45, 7) is 1.67. The second-order valence-electron chi connectivity index (χ2n) is 4.50. The molecule has 1 saturated carbocycles. The Balaban J connectivity index is 2.30. The topological polar surface area (TPSA) is 49.8 Å². The van der Waals surface area contributed by atoms with Gasteiger partial charge in [-0.15, -0.1) is 0 Å². The molecule has 2 fully saturated rings. The normalized spacial score (nSPS) is 36.2. The van der Waals surface area contributed by atoms with Crippen molar-refractivity contribution in [1.29, 1.82) is 0 Å². The van der Waals surface area contributed by atoms with E-state index in [1.807, 2.05) is 0 Å². The summed E-state index contributed by atoms with van der Waals surface area (Å²) in [5.41, 5.74) is -1.80. The van der Waals surface area contributed by atoms with Crippen LogP contribution in [0.5, 0.6) is 0 Å². The predicted molar refractivity (Wildman–Crippen MR) is 50.7 cm³/mol. The number of likely N-dealkylation sites (N-methyl/N-ethyl adjacent to an activating group) is 1. The van der Waals surface area contributed by atoms with Gasteiger partial charge in [-0.3, -0.25) is 4.90 Å². The van der Waals surface area contributed by atoms with Gasteiger partial charge in [-0.1, -0.05) is 6.42 Å². The van der Waals surface area contributed by atoms with Crippen LogP contribution in [-0.4, -0.2) is 34.5 Å². The molecule has 1 saturated heterocycles. The quantitative estimate of drug-likeness (QED) is 0.643. The molecule has 2 aliphatic rings. The lowest BCUT2D eigenvalue weighted by molar-refractivity contribution is -0.153. The van der Waals surface area contributed by atoms with Crippen molar-refractivity contribution in [3.63, 3.8) is 0 Å². The maximum Gasteiger partial charge on any atom is 0.412 e. The Morgan fingerprint density at radius 3 is 2.36 bits per heavy atom. The van der Waals surface area contributed by atoms with Gasteiger partial charge in [0.25, 0.3) is 0 Å². The van der Waals surface area contributed by atoms with Gasteiger partial charge in [0.05, 0.1) is 0 Å². The summed E-state index contributed by atoms with van der Waals surface area (Å²) in [7, 11) is 1.59. The van der Waals surface area contributed by atoms with Crippen LogP contribution < -0.4 is 0 Å². The Labute approximate surface area is 83.8 Å². The summed E-state index contributed by atoms with van der Waals surface area (Å²) in [5, 5.41) is 10.3. The minimum Gasteiger partial charge on any atom is -0.438 e. The van der Waals surface area contributed by atoms with Crippen molar-refractivity contribution in [2.24, 2.45) is 0 Å². The van der Waals surface area contributed by atoms with E-state index in [0.717, 1.165) is 25.7 Å². The lowest BCUT2D eigenvalue weighted by atomic mass is 9.78. The number of hydrogen-bond donors (Lipinski definition) is 1. The lowest BCUT2D eigenvalue weighted by Crippen LogP contribution is -2.56. The summed E-state index contributed by atoms with van der Waals surface area (Å²) < 4.78 is 5.35. The Bertz CT molecular complexity index is 256. The summed E-state index contributed by atoms with van der Waals surface area (Å²) in [6.07, 6.45) is 4.36. The number of nitrogens with zero attached hydrogens (tertiary/aromatic N) is 1. The van der Waals surface area contributed by atoms with Crippen molar-refractivity contribution >= 4 is 6.09 Å². The molecular formula is C10H17NO3. The minimum atomic E-state index is -1.15. The fourth-order valence-corrected chi connectivity index (χ4v) is 2.51. The number of carbonyl (C=O) groups is 1. The SMILES string of the molecule is CN1C(=O)OC2(CCCCC2)C1(C)O. The van der Waals surface area contributed by atoms with Crippen LogP contribution in [0.2, 0.25) is 0 Å². The molecule has 1 aliphatic heterocycles. The molecule has 0 aromatic heterocycles. The number of carbonyl (C=O) groups excluding carboxylic acids is 1. The fraction of sp³-hybridized carbons (Fsp3) is 0.900. The van der Waals surface area contributed by atoms with Crippen molar-refractivity contribution in [2.45, 2.75) is 50.4 Å². The van der Waals surface area contributed by atoms with E-state index in [1.54, 1.807) is 14.0 Å². The molecule has 0 aromatic rings. The largest absolute Gasteiger partial charge is 0.438 e. The van der Waals surface area contributed by atoms with Gasteiger partial charge in [-0.2, -0.15) is 0 Å². The number of aliphatic hydroxyl groups is 1. The molecule has 4 heteroatoms. The van der Waals surface area contributed by atoms with E-state index in [1.165, 1.54) is 11.3 Å². The third-order valence-electron chi connectivity index (χ3n) is 3.73. The van der Waals surface area contributed by atoms with Crippen LogP contribution in [0.4, 0.5) is 4.79 Å². The fourth-order valence-electron chi connectivity index (χ4n) is 2.51. The summed E-state index contributed by atoms with van der Waals surface area (Å²) in [4.78, 5) is 12.7. The van der Waals surface area contributed by atoms with Crippen LogP contribution in [0.25, 0.3) is 0 Å². The molecule has 0 radical (unpaired) electrons. The van der Waals surface area contributed by atoms with Gasteiger partial charge in [0.15, 0.2) is 11.3 Å². The van der Waals surface area contributed by atoms with E-state index in [9.17, 15) is 9.90 Å². The van der Waals surface area contributed by atoms with Crippen LogP contribution in [0, 0.1) is 0 Å². The highest BCUT2D eigenvalue weighted by Gasteiger charge is 2.60. The Morgan fingerprint density at radius 2 is 1.93 bits per heavy atom. The molecule has 1 heterocycles. The van der Waals surface area contributed by atoms with Gasteiger partial charge in [0.1, 0.15) is 0 Å². The van der Waals surface area contributed by atoms with Crippen LogP contribution in [-0.2, 0) is 4.74 Å². The molecule has 1 atom stereocenters. The average molecular weight is 199 g/mol. The van der Waals surface area contributed by atoms with E-state index >= 15 is 0 Å². The highest BCUT2D eigenvalue weighted by Crippen LogP contribution is 2.45. The van der Waals surface area contributed by atoms with Crippen LogP contribution in [0.1, 0.15) is 39.0 Å². The summed E-state index contributed by atoms with van der Waals surface area (Å²) in [5.74, 6) is 0. The first-order valence-electron chi connectivity index (χ1n) is 5.19. The van der Waals surface area contributed by atoms with Crippen molar-refractivity contribution in [2.75, 3.05) is 7.05 Å². The third kappa shape index (κ3) is 1.06. The zero-order valence-electron chi connectivity index (χ0n) is 8.75. The maximum atomic E-state index is 11.4. The van der Waals surface area contributed by atoms with E-state index in [2.05, 4.69) is 0 Å². The summed E-state index contributed by atoms with van der Waals surface area (Å²) >= 11 is 0. The lowest BCUT2D eigenvalue weighted by Gasteiger charge is -2.41. The Kier molecular flexibility index (Phi) is 2.00. The molecule has 4 nitrogen and oxygen atoms in total. The van der Waals surface area contributed by atoms with E-state index < -0.39 is 17.4 Å². The zero-order chi connectivity index (χ0) is 10.4. The highest BCUT2D eigenvalue weighted by atomic mass is 16.6. The molecule has 1 unspecified atom stereocenters. The van der Waals surface area contributed by atoms with Gasteiger partial charge in [0.2, 0.25) is 0 Å². The molecule has 1 spiro atoms. The van der Waals surface area contributed by atoms with Crippen molar-refractivity contribution in [3.05, 3.63) is 0 Å². The number of hydrogen-bond acceptors (Lipinski definition) is 3. The van der Waals surface area contributed by atoms with E-state index in [0.29, 0.717) is 0 Å². The Hall–Kier alpha value is -0.770.